The smallest absolute Gasteiger partial charge is 0.0900 e. The van der Waals surface area contributed by atoms with E-state index in [-0.39, 0.29) is 0 Å². The van der Waals surface area contributed by atoms with Gasteiger partial charge in [-0.3, -0.25) is 0 Å². The summed E-state index contributed by atoms with van der Waals surface area (Å²) in [5, 5.41) is 8.20. The van der Waals surface area contributed by atoms with Crippen LogP contribution in [0.15, 0.2) is 0 Å². The fourth-order valence-corrected chi connectivity index (χ4v) is 3.72. The molecule has 2 N–H and O–H groups in total. The van der Waals surface area contributed by atoms with Gasteiger partial charge in [0.25, 0.3) is 0 Å². The summed E-state index contributed by atoms with van der Waals surface area (Å²) in [5.41, 5.74) is 1.47. The maximum atomic E-state index is 5.44. The van der Waals surface area contributed by atoms with Crippen molar-refractivity contribution in [2.24, 2.45) is 5.41 Å². The Bertz CT molecular complexity index is 394. The van der Waals surface area contributed by atoms with Gasteiger partial charge in [0, 0.05) is 30.5 Å². The lowest BCUT2D eigenvalue weighted by atomic mass is 9.79. The number of methoxy groups -OCH3 is 1. The molecule has 2 heterocycles. The van der Waals surface area contributed by atoms with Crippen LogP contribution in [0.5, 0.6) is 0 Å². The third-order valence-electron chi connectivity index (χ3n) is 3.90. The molecule has 1 saturated heterocycles. The monoisotopic (exact) mass is 283 g/mol. The van der Waals surface area contributed by atoms with Gasteiger partial charge in [0.15, 0.2) is 0 Å². The van der Waals surface area contributed by atoms with Crippen LogP contribution in [0.2, 0.25) is 0 Å². The zero-order chi connectivity index (χ0) is 13.7. The van der Waals surface area contributed by atoms with E-state index in [2.05, 4.69) is 29.5 Å². The van der Waals surface area contributed by atoms with Crippen molar-refractivity contribution in [3.63, 3.8) is 0 Å². The van der Waals surface area contributed by atoms with E-state index >= 15 is 0 Å². The molecule has 4 nitrogen and oxygen atoms in total. The van der Waals surface area contributed by atoms with Gasteiger partial charge in [-0.05, 0) is 39.8 Å². The molecule has 19 heavy (non-hydrogen) atoms. The molecule has 108 valence electrons. The van der Waals surface area contributed by atoms with Crippen LogP contribution in [0.1, 0.15) is 28.4 Å². The number of ether oxygens (including phenoxy) is 1. The minimum Gasteiger partial charge on any atom is -0.384 e. The van der Waals surface area contributed by atoms with Crippen molar-refractivity contribution in [2.75, 3.05) is 33.4 Å². The first-order valence-electron chi connectivity index (χ1n) is 6.98. The number of aryl methyl sites for hydroxylation is 2. The van der Waals surface area contributed by atoms with Crippen LogP contribution >= 0.6 is 11.3 Å². The number of nitrogens with zero attached hydrogens (tertiary/aromatic N) is 1. The lowest BCUT2D eigenvalue weighted by Crippen LogP contribution is -2.45. The highest BCUT2D eigenvalue weighted by molar-refractivity contribution is 7.11. The van der Waals surface area contributed by atoms with Crippen molar-refractivity contribution >= 4 is 11.3 Å². The lowest BCUT2D eigenvalue weighted by Gasteiger charge is -2.37. The van der Waals surface area contributed by atoms with E-state index in [4.69, 9.17) is 4.74 Å². The van der Waals surface area contributed by atoms with E-state index < -0.39 is 0 Å². The van der Waals surface area contributed by atoms with E-state index in [9.17, 15) is 0 Å². The van der Waals surface area contributed by atoms with Gasteiger partial charge in [0.2, 0.25) is 0 Å². The van der Waals surface area contributed by atoms with Gasteiger partial charge in [-0.2, -0.15) is 0 Å². The minimum absolute atomic E-state index is 0.299. The van der Waals surface area contributed by atoms with Crippen LogP contribution in [0.4, 0.5) is 0 Å². The van der Waals surface area contributed by atoms with Crippen LogP contribution in [0.25, 0.3) is 0 Å². The largest absolute Gasteiger partial charge is 0.384 e. The summed E-state index contributed by atoms with van der Waals surface area (Å²) in [7, 11) is 1.81. The average Bonchev–Trinajstić information content (AvgIpc) is 2.69. The van der Waals surface area contributed by atoms with Gasteiger partial charge in [0.05, 0.1) is 17.3 Å². The minimum atomic E-state index is 0.299. The van der Waals surface area contributed by atoms with Crippen molar-refractivity contribution in [1.82, 2.24) is 15.6 Å². The number of nitrogens with one attached hydrogen (secondary N) is 2. The third-order valence-corrected chi connectivity index (χ3v) is 4.97. The first-order chi connectivity index (χ1) is 9.15. The molecule has 1 aromatic rings. The van der Waals surface area contributed by atoms with Gasteiger partial charge in [0.1, 0.15) is 0 Å². The Morgan fingerprint density at radius 3 is 2.68 bits per heavy atom. The number of piperidine rings is 1. The molecule has 0 aliphatic carbocycles. The first-order valence-corrected chi connectivity index (χ1v) is 7.80. The number of rotatable bonds is 6. The third kappa shape index (κ3) is 3.99. The van der Waals surface area contributed by atoms with Crippen LogP contribution in [-0.4, -0.2) is 38.3 Å². The molecule has 2 rings (SSSR count). The van der Waals surface area contributed by atoms with Crippen molar-refractivity contribution < 1.29 is 4.74 Å². The lowest BCUT2D eigenvalue weighted by molar-refractivity contribution is 0.0535. The predicted molar refractivity (Wildman–Crippen MR) is 79.7 cm³/mol. The second kappa shape index (κ2) is 6.79. The number of thiazole rings is 1. The molecule has 0 bridgehead atoms. The molecule has 0 saturated carbocycles. The van der Waals surface area contributed by atoms with Gasteiger partial charge in [-0.25, -0.2) is 4.98 Å². The molecule has 0 atom stereocenters. The molecule has 0 spiro atoms. The number of aromatic nitrogens is 1. The summed E-state index contributed by atoms with van der Waals surface area (Å²) in [4.78, 5) is 5.83. The quantitative estimate of drug-likeness (QED) is 0.836. The van der Waals surface area contributed by atoms with Crippen molar-refractivity contribution in [2.45, 2.75) is 33.2 Å². The van der Waals surface area contributed by atoms with E-state index in [1.807, 2.05) is 0 Å². The van der Waals surface area contributed by atoms with Gasteiger partial charge in [-0.15, -0.1) is 11.3 Å². The second-order valence-corrected chi connectivity index (χ2v) is 6.82. The maximum Gasteiger partial charge on any atom is 0.0900 e. The van der Waals surface area contributed by atoms with Crippen molar-refractivity contribution in [1.29, 1.82) is 0 Å². The highest BCUT2D eigenvalue weighted by Gasteiger charge is 2.31. The molecule has 0 aromatic carbocycles. The maximum absolute atomic E-state index is 5.44. The molecule has 0 amide bonds. The van der Waals surface area contributed by atoms with Gasteiger partial charge >= 0.3 is 0 Å². The highest BCUT2D eigenvalue weighted by Crippen LogP contribution is 2.28. The molecule has 0 unspecified atom stereocenters. The van der Waals surface area contributed by atoms with E-state index in [0.29, 0.717) is 5.41 Å². The zero-order valence-electron chi connectivity index (χ0n) is 12.2. The molecule has 0 radical (unpaired) electrons. The van der Waals surface area contributed by atoms with Crippen LogP contribution in [0, 0.1) is 19.3 Å². The predicted octanol–water partition coefficient (Wildman–Crippen LogP) is 1.87. The molecule has 5 heteroatoms. The Morgan fingerprint density at radius 2 is 2.11 bits per heavy atom. The standard InChI is InChI=1S/C14H25N3OS/c1-11-13(19-12(2)17-11)8-16-9-14(10-18-3)4-6-15-7-5-14/h15-16H,4-10H2,1-3H3. The second-order valence-electron chi connectivity index (χ2n) is 5.53. The molecule has 1 fully saturated rings. The Hall–Kier alpha value is -0.490. The molecule has 1 aliphatic rings. The normalized spacial score (nSPS) is 18.7. The fourth-order valence-electron chi connectivity index (χ4n) is 2.81. The fraction of sp³-hybridized carbons (Fsp3) is 0.786. The van der Waals surface area contributed by atoms with Crippen LogP contribution in [-0.2, 0) is 11.3 Å². The Morgan fingerprint density at radius 1 is 1.37 bits per heavy atom. The average molecular weight is 283 g/mol. The Labute approximate surface area is 120 Å². The van der Waals surface area contributed by atoms with E-state index in [0.717, 1.165) is 37.8 Å². The van der Waals surface area contributed by atoms with Crippen molar-refractivity contribution in [3.05, 3.63) is 15.6 Å². The zero-order valence-corrected chi connectivity index (χ0v) is 13.0. The summed E-state index contributed by atoms with van der Waals surface area (Å²) in [6.45, 7) is 9.17. The molecular formula is C14H25N3OS. The summed E-state index contributed by atoms with van der Waals surface area (Å²) < 4.78 is 5.44. The highest BCUT2D eigenvalue weighted by atomic mass is 32.1. The summed E-state index contributed by atoms with van der Waals surface area (Å²) in [5.74, 6) is 0. The summed E-state index contributed by atoms with van der Waals surface area (Å²) >= 11 is 1.80. The van der Waals surface area contributed by atoms with Crippen LogP contribution < -0.4 is 10.6 Å². The van der Waals surface area contributed by atoms with Crippen molar-refractivity contribution in [3.8, 4) is 0 Å². The molecule has 1 aromatic heterocycles. The van der Waals surface area contributed by atoms with Gasteiger partial charge in [-0.1, -0.05) is 0 Å². The number of hydrogen-bond donors (Lipinski definition) is 2. The van der Waals surface area contributed by atoms with Gasteiger partial charge < -0.3 is 15.4 Å². The first kappa shape index (κ1) is 14.9. The SMILES string of the molecule is COCC1(CNCc2sc(C)nc2C)CCNCC1. The Kier molecular flexibility index (Phi) is 5.33. The molecular weight excluding hydrogens is 258 g/mol. The topological polar surface area (TPSA) is 46.2 Å². The van der Waals surface area contributed by atoms with E-state index in [1.54, 1.807) is 18.4 Å². The summed E-state index contributed by atoms with van der Waals surface area (Å²) in [6, 6.07) is 0. The number of hydrogen-bond acceptors (Lipinski definition) is 5. The summed E-state index contributed by atoms with van der Waals surface area (Å²) in [6.07, 6.45) is 2.38. The van der Waals surface area contributed by atoms with Crippen LogP contribution in [0.3, 0.4) is 0 Å². The molecule has 1 aliphatic heterocycles. The van der Waals surface area contributed by atoms with E-state index in [1.165, 1.54) is 23.4 Å². The Balaban J connectivity index is 1.87.